The predicted molar refractivity (Wildman–Crippen MR) is 103 cm³/mol. The number of aliphatic imine (C=N–C) groups is 1. The van der Waals surface area contributed by atoms with Crippen LogP contribution in [0.2, 0.25) is 0 Å². The van der Waals surface area contributed by atoms with Crippen molar-refractivity contribution in [3.63, 3.8) is 0 Å². The van der Waals surface area contributed by atoms with Gasteiger partial charge >= 0.3 is 5.97 Å². The largest absolute Gasteiger partial charge is 0.465 e. The highest BCUT2D eigenvalue weighted by molar-refractivity contribution is 8.14. The maximum Gasteiger partial charge on any atom is 0.319 e. The number of hydrogen-bond acceptors (Lipinski definition) is 7. The SMILES string of the molecule is CCOC(=O)C(C)SC1=N/C(=C\c2ccco2)C(=O)N1Cc1ccccn1. The highest BCUT2D eigenvalue weighted by atomic mass is 32.2. The first kappa shape index (κ1) is 18.9. The molecular weight excluding hydrogens is 366 g/mol. The first-order valence-electron chi connectivity index (χ1n) is 8.47. The summed E-state index contributed by atoms with van der Waals surface area (Å²) in [6.07, 6.45) is 4.77. The molecule has 0 spiro atoms. The van der Waals surface area contributed by atoms with E-state index in [1.165, 1.54) is 22.9 Å². The zero-order chi connectivity index (χ0) is 19.2. The maximum atomic E-state index is 12.9. The van der Waals surface area contributed by atoms with Crippen LogP contribution in [0.1, 0.15) is 25.3 Å². The second kappa shape index (κ2) is 8.68. The Bertz CT molecular complexity index is 862. The Morgan fingerprint density at radius 1 is 1.37 bits per heavy atom. The van der Waals surface area contributed by atoms with Crippen molar-refractivity contribution in [2.24, 2.45) is 4.99 Å². The lowest BCUT2D eigenvalue weighted by Gasteiger charge is -2.19. The third-order valence-corrected chi connectivity index (χ3v) is 4.75. The van der Waals surface area contributed by atoms with Crippen molar-refractivity contribution in [2.45, 2.75) is 25.6 Å². The van der Waals surface area contributed by atoms with Gasteiger partial charge in [0.05, 0.1) is 25.1 Å². The normalized spacial score (nSPS) is 16.5. The highest BCUT2D eigenvalue weighted by Crippen LogP contribution is 2.28. The first-order chi connectivity index (χ1) is 13.1. The van der Waals surface area contributed by atoms with Crippen LogP contribution < -0.4 is 0 Å². The number of carbonyl (C=O) groups excluding carboxylic acids is 2. The van der Waals surface area contributed by atoms with Gasteiger partial charge in [0.1, 0.15) is 16.7 Å². The molecule has 1 aliphatic rings. The molecule has 27 heavy (non-hydrogen) atoms. The van der Waals surface area contributed by atoms with Crippen molar-refractivity contribution in [2.75, 3.05) is 6.61 Å². The summed E-state index contributed by atoms with van der Waals surface area (Å²) < 4.78 is 10.3. The predicted octanol–water partition coefficient (Wildman–Crippen LogP) is 3.10. The number of carbonyl (C=O) groups is 2. The number of esters is 1. The molecule has 2 aromatic rings. The Balaban J connectivity index is 1.86. The van der Waals surface area contributed by atoms with Crippen LogP contribution in [0.5, 0.6) is 0 Å². The fourth-order valence-corrected chi connectivity index (χ4v) is 3.29. The van der Waals surface area contributed by atoms with E-state index in [2.05, 4.69) is 9.98 Å². The summed E-state index contributed by atoms with van der Waals surface area (Å²) in [5.74, 6) is -0.0842. The molecule has 8 heteroatoms. The molecule has 1 unspecified atom stereocenters. The molecule has 3 heterocycles. The molecule has 1 amide bonds. The van der Waals surface area contributed by atoms with E-state index >= 15 is 0 Å². The smallest absolute Gasteiger partial charge is 0.319 e. The minimum atomic E-state index is -0.495. The molecule has 1 aliphatic heterocycles. The molecule has 0 fully saturated rings. The molecular formula is C19H19N3O4S. The van der Waals surface area contributed by atoms with Crippen LogP contribution in [0.15, 0.2) is 57.9 Å². The van der Waals surface area contributed by atoms with Crippen LogP contribution >= 0.6 is 11.8 Å². The maximum absolute atomic E-state index is 12.9. The van der Waals surface area contributed by atoms with E-state index in [0.717, 1.165) is 5.69 Å². The van der Waals surface area contributed by atoms with E-state index in [9.17, 15) is 9.59 Å². The molecule has 140 valence electrons. The van der Waals surface area contributed by atoms with Crippen molar-refractivity contribution in [3.8, 4) is 0 Å². The second-order valence-corrected chi connectivity index (χ2v) is 6.97. The fraction of sp³-hybridized carbons (Fsp3) is 0.263. The Morgan fingerprint density at radius 3 is 2.89 bits per heavy atom. The summed E-state index contributed by atoms with van der Waals surface area (Å²) in [5, 5.41) is -0.0605. The van der Waals surface area contributed by atoms with Crippen LogP contribution in [-0.4, -0.2) is 38.8 Å². The first-order valence-corrected chi connectivity index (χ1v) is 9.35. The molecule has 0 saturated carbocycles. The average molecular weight is 385 g/mol. The van der Waals surface area contributed by atoms with Crippen LogP contribution in [0.3, 0.4) is 0 Å². The van der Waals surface area contributed by atoms with Gasteiger partial charge in [-0.25, -0.2) is 4.99 Å². The van der Waals surface area contributed by atoms with Gasteiger partial charge < -0.3 is 9.15 Å². The number of thioether (sulfide) groups is 1. The summed E-state index contributed by atoms with van der Waals surface area (Å²) in [4.78, 5) is 35.0. The lowest BCUT2D eigenvalue weighted by Crippen LogP contribution is -2.32. The summed E-state index contributed by atoms with van der Waals surface area (Å²) in [6.45, 7) is 4.04. The Hall–Kier alpha value is -2.87. The van der Waals surface area contributed by atoms with Gasteiger partial charge in [-0.05, 0) is 38.1 Å². The van der Waals surface area contributed by atoms with E-state index in [1.54, 1.807) is 38.3 Å². The molecule has 0 aliphatic carbocycles. The molecule has 2 aromatic heterocycles. The van der Waals surface area contributed by atoms with Gasteiger partial charge in [-0.1, -0.05) is 17.8 Å². The number of ether oxygens (including phenoxy) is 1. The number of rotatable bonds is 6. The third kappa shape index (κ3) is 4.65. The van der Waals surface area contributed by atoms with E-state index in [0.29, 0.717) is 17.5 Å². The molecule has 0 saturated heterocycles. The molecule has 0 aromatic carbocycles. The number of nitrogens with zero attached hydrogens (tertiary/aromatic N) is 3. The number of amides is 1. The standard InChI is InChI=1S/C19H19N3O4S/c1-3-25-18(24)13(2)27-19-21-16(11-15-8-6-10-26-15)17(23)22(19)12-14-7-4-5-9-20-14/h4-11,13H,3,12H2,1-2H3/b16-11-. The van der Waals surface area contributed by atoms with Crippen LogP contribution in [0.25, 0.3) is 6.08 Å². The minimum absolute atomic E-state index is 0.249. The van der Waals surface area contributed by atoms with Gasteiger partial charge in [-0.15, -0.1) is 0 Å². The van der Waals surface area contributed by atoms with Gasteiger partial charge in [0.2, 0.25) is 0 Å². The monoisotopic (exact) mass is 385 g/mol. The molecule has 0 bridgehead atoms. The number of pyridine rings is 1. The van der Waals surface area contributed by atoms with Crippen molar-refractivity contribution < 1.29 is 18.7 Å². The van der Waals surface area contributed by atoms with E-state index < -0.39 is 5.25 Å². The summed E-state index contributed by atoms with van der Waals surface area (Å²) >= 11 is 1.18. The van der Waals surface area contributed by atoms with Crippen molar-refractivity contribution >= 4 is 34.9 Å². The molecule has 0 radical (unpaired) electrons. The van der Waals surface area contributed by atoms with Crippen molar-refractivity contribution in [3.05, 3.63) is 59.9 Å². The third-order valence-electron chi connectivity index (χ3n) is 3.68. The minimum Gasteiger partial charge on any atom is -0.465 e. The van der Waals surface area contributed by atoms with Crippen molar-refractivity contribution in [1.29, 1.82) is 0 Å². The lowest BCUT2D eigenvalue weighted by molar-refractivity contribution is -0.142. The second-order valence-electron chi connectivity index (χ2n) is 5.66. The zero-order valence-corrected chi connectivity index (χ0v) is 15.8. The highest BCUT2D eigenvalue weighted by Gasteiger charge is 2.33. The molecule has 7 nitrogen and oxygen atoms in total. The van der Waals surface area contributed by atoms with Gasteiger partial charge in [0.25, 0.3) is 5.91 Å². The Morgan fingerprint density at radius 2 is 2.22 bits per heavy atom. The summed E-state index contributed by atoms with van der Waals surface area (Å²) in [5.41, 5.74) is 0.974. The van der Waals surface area contributed by atoms with Crippen LogP contribution in [0.4, 0.5) is 0 Å². The fourth-order valence-electron chi connectivity index (χ4n) is 2.39. The van der Waals surface area contributed by atoms with Crippen molar-refractivity contribution in [1.82, 2.24) is 9.88 Å². The zero-order valence-electron chi connectivity index (χ0n) is 15.0. The van der Waals surface area contributed by atoms with E-state index in [4.69, 9.17) is 9.15 Å². The van der Waals surface area contributed by atoms with Gasteiger partial charge in [-0.3, -0.25) is 19.5 Å². The number of aromatic nitrogens is 1. The topological polar surface area (TPSA) is 85.0 Å². The number of amidine groups is 1. The quantitative estimate of drug-likeness (QED) is 0.561. The molecule has 1 atom stereocenters. The van der Waals surface area contributed by atoms with Gasteiger partial charge in [0.15, 0.2) is 5.17 Å². The number of furan rings is 1. The Kier molecular flexibility index (Phi) is 6.08. The van der Waals surface area contributed by atoms with E-state index in [-0.39, 0.29) is 24.1 Å². The average Bonchev–Trinajstić information content (AvgIpc) is 3.27. The van der Waals surface area contributed by atoms with E-state index in [1.807, 2.05) is 18.2 Å². The molecule has 3 rings (SSSR count). The molecule has 0 N–H and O–H groups in total. The van der Waals surface area contributed by atoms with Crippen LogP contribution in [-0.2, 0) is 20.9 Å². The summed E-state index contributed by atoms with van der Waals surface area (Å²) in [7, 11) is 0. The number of hydrogen-bond donors (Lipinski definition) is 0. The summed E-state index contributed by atoms with van der Waals surface area (Å²) in [6, 6.07) is 8.97. The van der Waals surface area contributed by atoms with Crippen LogP contribution in [0, 0.1) is 0 Å². The Labute approximate surface area is 161 Å². The van der Waals surface area contributed by atoms with Gasteiger partial charge in [-0.2, -0.15) is 0 Å². The van der Waals surface area contributed by atoms with Gasteiger partial charge in [0, 0.05) is 12.3 Å². The lowest BCUT2D eigenvalue weighted by atomic mass is 10.3.